The minimum absolute atomic E-state index is 0.0894. The van der Waals surface area contributed by atoms with Crippen LogP contribution in [0.5, 0.6) is 0 Å². The third kappa shape index (κ3) is 5.71. The molecule has 7 heteroatoms. The Balaban J connectivity index is 2.45. The van der Waals surface area contributed by atoms with E-state index in [9.17, 15) is 18.0 Å². The maximum Gasteiger partial charge on any atom is 0.411 e. The average molecular weight is 301 g/mol. The molecule has 0 saturated heterocycles. The fourth-order valence-electron chi connectivity index (χ4n) is 1.21. The maximum absolute atomic E-state index is 11.8. The van der Waals surface area contributed by atoms with Crippen molar-refractivity contribution in [2.45, 2.75) is 12.6 Å². The predicted molar refractivity (Wildman–Crippen MR) is 62.0 cm³/mol. The van der Waals surface area contributed by atoms with E-state index < -0.39 is 25.2 Å². The second kappa shape index (κ2) is 6.41. The van der Waals surface area contributed by atoms with Gasteiger partial charge in [0.15, 0.2) is 5.78 Å². The first-order valence-corrected chi connectivity index (χ1v) is 5.63. The van der Waals surface area contributed by atoms with E-state index in [4.69, 9.17) is 23.2 Å². The Kier molecular flexibility index (Phi) is 5.44. The van der Waals surface area contributed by atoms with Gasteiger partial charge >= 0.3 is 6.18 Å². The molecule has 1 aromatic carbocycles. The molecule has 2 nitrogen and oxygen atoms in total. The number of hydrogen-bond acceptors (Lipinski definition) is 2. The van der Waals surface area contributed by atoms with Crippen LogP contribution < -0.4 is 0 Å². The molecule has 0 amide bonds. The number of hydrogen-bond donors (Lipinski definition) is 0. The van der Waals surface area contributed by atoms with Gasteiger partial charge in [-0.15, -0.1) is 0 Å². The van der Waals surface area contributed by atoms with Crippen LogP contribution in [0, 0.1) is 0 Å². The highest BCUT2D eigenvalue weighted by molar-refractivity contribution is 6.35. The van der Waals surface area contributed by atoms with Crippen molar-refractivity contribution in [2.75, 3.05) is 13.2 Å². The molecule has 0 atom stereocenters. The lowest BCUT2D eigenvalue weighted by atomic mass is 10.1. The van der Waals surface area contributed by atoms with Crippen LogP contribution >= 0.6 is 23.2 Å². The molecule has 1 aromatic rings. The van der Waals surface area contributed by atoms with Gasteiger partial charge in [-0.05, 0) is 17.7 Å². The molecular weight excluding hydrogens is 292 g/mol. The molecule has 0 aromatic heterocycles. The van der Waals surface area contributed by atoms with Crippen molar-refractivity contribution in [2.24, 2.45) is 0 Å². The van der Waals surface area contributed by atoms with E-state index in [0.717, 1.165) is 0 Å². The summed E-state index contributed by atoms with van der Waals surface area (Å²) in [5.74, 6) is -0.483. The lowest BCUT2D eigenvalue weighted by molar-refractivity contribution is -0.175. The predicted octanol–water partition coefficient (Wildman–Crippen LogP) is 3.68. The van der Waals surface area contributed by atoms with Crippen LogP contribution in [-0.4, -0.2) is 25.2 Å². The average Bonchev–Trinajstić information content (AvgIpc) is 2.20. The van der Waals surface area contributed by atoms with Gasteiger partial charge in [-0.3, -0.25) is 4.79 Å². The van der Waals surface area contributed by atoms with Gasteiger partial charge in [-0.25, -0.2) is 0 Å². The van der Waals surface area contributed by atoms with Gasteiger partial charge in [0.05, 0.1) is 0 Å². The number of carbonyl (C=O) groups excluding carboxylic acids is 1. The second-order valence-corrected chi connectivity index (χ2v) is 4.40. The number of benzene rings is 1. The van der Waals surface area contributed by atoms with Crippen LogP contribution in [0.3, 0.4) is 0 Å². The molecule has 18 heavy (non-hydrogen) atoms. The highest BCUT2D eigenvalue weighted by Crippen LogP contribution is 2.21. The topological polar surface area (TPSA) is 26.3 Å². The van der Waals surface area contributed by atoms with E-state index in [1.54, 1.807) is 12.1 Å². The van der Waals surface area contributed by atoms with E-state index in [2.05, 4.69) is 4.74 Å². The number of ketones is 1. The van der Waals surface area contributed by atoms with Crippen molar-refractivity contribution < 1.29 is 22.7 Å². The zero-order chi connectivity index (χ0) is 13.8. The second-order valence-electron chi connectivity index (χ2n) is 3.56. The summed E-state index contributed by atoms with van der Waals surface area (Å²) in [4.78, 5) is 11.4. The molecule has 100 valence electrons. The summed E-state index contributed by atoms with van der Waals surface area (Å²) in [6, 6.07) is 4.56. The van der Waals surface area contributed by atoms with E-state index in [-0.39, 0.29) is 6.42 Å². The zero-order valence-corrected chi connectivity index (χ0v) is 10.6. The summed E-state index contributed by atoms with van der Waals surface area (Å²) in [6.45, 7) is -2.04. The number of Topliss-reactive ketones (excluding diaryl/α,β-unsaturated/α-hetero) is 1. The Bertz CT molecular complexity index is 433. The Morgan fingerprint density at radius 2 is 1.94 bits per heavy atom. The van der Waals surface area contributed by atoms with Crippen molar-refractivity contribution in [3.63, 3.8) is 0 Å². The van der Waals surface area contributed by atoms with Crippen LogP contribution in [0.15, 0.2) is 18.2 Å². The summed E-state index contributed by atoms with van der Waals surface area (Å²) < 4.78 is 39.6. The van der Waals surface area contributed by atoms with E-state index in [1.165, 1.54) is 6.07 Å². The monoisotopic (exact) mass is 300 g/mol. The van der Waals surface area contributed by atoms with Gasteiger partial charge in [-0.1, -0.05) is 29.3 Å². The molecule has 0 unspecified atom stereocenters. The van der Waals surface area contributed by atoms with Crippen molar-refractivity contribution in [1.82, 2.24) is 0 Å². The minimum Gasteiger partial charge on any atom is -0.364 e. The minimum atomic E-state index is -4.43. The molecule has 0 aliphatic heterocycles. The molecule has 0 heterocycles. The molecule has 0 aliphatic carbocycles. The molecule has 0 radical (unpaired) electrons. The zero-order valence-electron chi connectivity index (χ0n) is 9.06. The first-order chi connectivity index (χ1) is 8.28. The van der Waals surface area contributed by atoms with Gasteiger partial charge < -0.3 is 4.74 Å². The number of ether oxygens (including phenoxy) is 1. The Hall–Kier alpha value is -0.780. The molecular formula is C11H9Cl2F3O2. The largest absolute Gasteiger partial charge is 0.411 e. The SMILES string of the molecule is O=C(COCC(F)(F)F)Cc1ccc(Cl)cc1Cl. The highest BCUT2D eigenvalue weighted by Gasteiger charge is 2.27. The standard InChI is InChI=1S/C11H9Cl2F3O2/c12-8-2-1-7(10(13)4-8)3-9(17)5-18-6-11(14,15)16/h1-2,4H,3,5-6H2. The third-order valence-corrected chi connectivity index (χ3v) is 2.52. The van der Waals surface area contributed by atoms with Gasteiger partial charge in [0.1, 0.15) is 13.2 Å². The van der Waals surface area contributed by atoms with E-state index >= 15 is 0 Å². The van der Waals surface area contributed by atoms with Gasteiger partial charge in [0, 0.05) is 16.5 Å². The summed E-state index contributed by atoms with van der Waals surface area (Å²) in [5, 5.41) is 0.719. The van der Waals surface area contributed by atoms with Gasteiger partial charge in [0.25, 0.3) is 0 Å². The fraction of sp³-hybridized carbons (Fsp3) is 0.364. The third-order valence-electron chi connectivity index (χ3n) is 1.93. The number of carbonyl (C=O) groups is 1. The molecule has 0 spiro atoms. The van der Waals surface area contributed by atoms with E-state index in [0.29, 0.717) is 15.6 Å². The van der Waals surface area contributed by atoms with Crippen LogP contribution in [0.2, 0.25) is 10.0 Å². The lowest BCUT2D eigenvalue weighted by Crippen LogP contribution is -2.21. The van der Waals surface area contributed by atoms with Crippen LogP contribution in [0.4, 0.5) is 13.2 Å². The summed E-state index contributed by atoms with van der Waals surface area (Å²) in [7, 11) is 0. The smallest absolute Gasteiger partial charge is 0.364 e. The lowest BCUT2D eigenvalue weighted by Gasteiger charge is -2.07. The van der Waals surface area contributed by atoms with E-state index in [1.807, 2.05) is 0 Å². The number of rotatable bonds is 5. The molecule has 0 N–H and O–H groups in total. The number of alkyl halides is 3. The summed E-state index contributed by atoms with van der Waals surface area (Å²) >= 11 is 11.5. The Morgan fingerprint density at radius 1 is 1.28 bits per heavy atom. The molecule has 0 aliphatic rings. The fourth-order valence-corrected chi connectivity index (χ4v) is 1.68. The first-order valence-electron chi connectivity index (χ1n) is 4.88. The Labute approximate surface area is 112 Å². The Morgan fingerprint density at radius 3 is 2.50 bits per heavy atom. The summed E-state index contributed by atoms with van der Waals surface area (Å²) in [5.41, 5.74) is 0.502. The van der Waals surface area contributed by atoms with Crippen molar-refractivity contribution in [3.8, 4) is 0 Å². The van der Waals surface area contributed by atoms with Crippen molar-refractivity contribution in [1.29, 1.82) is 0 Å². The van der Waals surface area contributed by atoms with Gasteiger partial charge in [-0.2, -0.15) is 13.2 Å². The van der Waals surface area contributed by atoms with Gasteiger partial charge in [0.2, 0.25) is 0 Å². The quantitative estimate of drug-likeness (QED) is 0.829. The molecule has 0 fully saturated rings. The van der Waals surface area contributed by atoms with Crippen molar-refractivity contribution >= 4 is 29.0 Å². The summed E-state index contributed by atoms with van der Waals surface area (Å²) in [6.07, 6.45) is -4.52. The molecule has 1 rings (SSSR count). The normalized spacial score (nSPS) is 11.6. The highest BCUT2D eigenvalue weighted by atomic mass is 35.5. The first kappa shape index (κ1) is 15.3. The maximum atomic E-state index is 11.8. The number of halogens is 5. The van der Waals surface area contributed by atoms with Crippen molar-refractivity contribution in [3.05, 3.63) is 33.8 Å². The van der Waals surface area contributed by atoms with Crippen LogP contribution in [0.1, 0.15) is 5.56 Å². The van der Waals surface area contributed by atoms with Crippen LogP contribution in [-0.2, 0) is 16.0 Å². The van der Waals surface area contributed by atoms with Crippen LogP contribution in [0.25, 0.3) is 0 Å². The molecule has 0 bridgehead atoms. The molecule has 0 saturated carbocycles.